The van der Waals surface area contributed by atoms with Crippen molar-refractivity contribution in [2.24, 2.45) is 11.8 Å². The lowest BCUT2D eigenvalue weighted by atomic mass is 9.80. The molecule has 1 aliphatic rings. The summed E-state index contributed by atoms with van der Waals surface area (Å²) in [5.74, 6) is 4.45. The van der Waals surface area contributed by atoms with Gasteiger partial charge in [0.05, 0.1) is 18.1 Å². The Morgan fingerprint density at radius 1 is 0.816 bits per heavy atom. The van der Waals surface area contributed by atoms with Gasteiger partial charge in [0, 0.05) is 5.56 Å². The molecule has 38 heavy (non-hydrogen) atoms. The standard InChI is InChI=1S/C33H42F2O3/c1-3-5-7-8-10-24-37-30-23-20-27(31(34)32(30)35)17-12-26-15-21-29(22-16-26)38-33(36)28-18-13-25(14-19-28)11-9-6-4-2/h15-16,20-23,25,28H,3-11,13-14,18-19,24H2,1-2H3. The summed E-state index contributed by atoms with van der Waals surface area (Å²) >= 11 is 0. The predicted octanol–water partition coefficient (Wildman–Crippen LogP) is 9.01. The highest BCUT2D eigenvalue weighted by atomic mass is 19.2. The molecule has 206 valence electrons. The summed E-state index contributed by atoms with van der Waals surface area (Å²) < 4.78 is 40.0. The third kappa shape index (κ3) is 9.46. The quantitative estimate of drug-likeness (QED) is 0.113. The van der Waals surface area contributed by atoms with Crippen LogP contribution >= 0.6 is 0 Å². The Kier molecular flexibility index (Phi) is 12.6. The lowest BCUT2D eigenvalue weighted by Crippen LogP contribution is -2.25. The van der Waals surface area contributed by atoms with Gasteiger partial charge in [-0.1, -0.05) is 77.1 Å². The number of unbranched alkanes of at least 4 members (excludes halogenated alkanes) is 6. The Morgan fingerprint density at radius 2 is 1.50 bits per heavy atom. The summed E-state index contributed by atoms with van der Waals surface area (Å²) in [6.45, 7) is 4.73. The molecule has 0 N–H and O–H groups in total. The molecule has 1 aliphatic carbocycles. The molecule has 0 saturated heterocycles. The Morgan fingerprint density at radius 3 is 2.21 bits per heavy atom. The van der Waals surface area contributed by atoms with Gasteiger partial charge in [-0.05, 0) is 74.4 Å². The van der Waals surface area contributed by atoms with Crippen LogP contribution in [0.4, 0.5) is 8.78 Å². The van der Waals surface area contributed by atoms with Crippen LogP contribution in [0.5, 0.6) is 11.5 Å². The van der Waals surface area contributed by atoms with Crippen LogP contribution in [0.15, 0.2) is 36.4 Å². The van der Waals surface area contributed by atoms with Crippen molar-refractivity contribution in [3.8, 4) is 23.3 Å². The Balaban J connectivity index is 1.48. The van der Waals surface area contributed by atoms with Gasteiger partial charge >= 0.3 is 5.97 Å². The number of carbonyl (C=O) groups excluding carboxylic acids is 1. The van der Waals surface area contributed by atoms with Crippen LogP contribution in [0.2, 0.25) is 0 Å². The molecule has 0 spiro atoms. The molecule has 0 bridgehead atoms. The van der Waals surface area contributed by atoms with E-state index in [9.17, 15) is 13.6 Å². The minimum Gasteiger partial charge on any atom is -0.490 e. The van der Waals surface area contributed by atoms with Crippen LogP contribution in [0.25, 0.3) is 0 Å². The SMILES string of the molecule is CCCCCCCOc1ccc(C#Cc2ccc(OC(=O)C3CCC(CCCCC)CC3)cc2)c(F)c1F. The van der Waals surface area contributed by atoms with Gasteiger partial charge in [-0.2, -0.15) is 4.39 Å². The maximum absolute atomic E-state index is 14.5. The van der Waals surface area contributed by atoms with Crippen LogP contribution in [0, 0.1) is 35.3 Å². The van der Waals surface area contributed by atoms with Crippen molar-refractivity contribution in [2.45, 2.75) is 97.3 Å². The zero-order valence-corrected chi connectivity index (χ0v) is 23.0. The number of hydrogen-bond donors (Lipinski definition) is 0. The molecule has 2 aromatic carbocycles. The Hall–Kier alpha value is -2.87. The molecule has 0 unspecified atom stereocenters. The van der Waals surface area contributed by atoms with Crippen LogP contribution in [0.3, 0.4) is 0 Å². The van der Waals surface area contributed by atoms with E-state index in [0.717, 1.165) is 57.3 Å². The molecule has 0 radical (unpaired) electrons. The van der Waals surface area contributed by atoms with E-state index in [1.807, 2.05) is 0 Å². The number of halogens is 2. The third-order valence-corrected chi connectivity index (χ3v) is 7.36. The number of ether oxygens (including phenoxy) is 2. The van der Waals surface area contributed by atoms with Gasteiger partial charge in [-0.25, -0.2) is 4.39 Å². The zero-order chi connectivity index (χ0) is 27.2. The topological polar surface area (TPSA) is 35.5 Å². The highest BCUT2D eigenvalue weighted by molar-refractivity contribution is 5.75. The second-order valence-electron chi connectivity index (χ2n) is 10.4. The van der Waals surface area contributed by atoms with Crippen molar-refractivity contribution in [2.75, 3.05) is 6.61 Å². The smallest absolute Gasteiger partial charge is 0.314 e. The molecule has 1 fully saturated rings. The summed E-state index contributed by atoms with van der Waals surface area (Å²) in [6, 6.07) is 9.66. The first-order valence-corrected chi connectivity index (χ1v) is 14.5. The summed E-state index contributed by atoms with van der Waals surface area (Å²) in [4.78, 5) is 12.6. The minimum absolute atomic E-state index is 0.0291. The summed E-state index contributed by atoms with van der Waals surface area (Å²) in [5, 5.41) is 0. The van der Waals surface area contributed by atoms with E-state index in [4.69, 9.17) is 9.47 Å². The second kappa shape index (κ2) is 16.2. The summed E-state index contributed by atoms with van der Waals surface area (Å²) in [5.41, 5.74) is 0.586. The van der Waals surface area contributed by atoms with E-state index >= 15 is 0 Å². The zero-order valence-electron chi connectivity index (χ0n) is 23.0. The molecule has 5 heteroatoms. The third-order valence-electron chi connectivity index (χ3n) is 7.36. The molecule has 0 aromatic heterocycles. The monoisotopic (exact) mass is 524 g/mol. The fourth-order valence-electron chi connectivity index (χ4n) is 4.94. The average molecular weight is 525 g/mol. The van der Waals surface area contributed by atoms with Crippen molar-refractivity contribution in [3.63, 3.8) is 0 Å². The van der Waals surface area contributed by atoms with Gasteiger partial charge in [0.1, 0.15) is 5.75 Å². The molecule has 2 aromatic rings. The first-order valence-electron chi connectivity index (χ1n) is 14.5. The maximum Gasteiger partial charge on any atom is 0.314 e. The highest BCUT2D eigenvalue weighted by Crippen LogP contribution is 2.33. The van der Waals surface area contributed by atoms with Crippen LogP contribution in [-0.2, 0) is 4.79 Å². The van der Waals surface area contributed by atoms with Gasteiger partial charge in [0.2, 0.25) is 5.82 Å². The molecule has 0 heterocycles. The van der Waals surface area contributed by atoms with Crippen LogP contribution in [-0.4, -0.2) is 12.6 Å². The molecule has 0 amide bonds. The first-order chi connectivity index (χ1) is 18.5. The average Bonchev–Trinajstić information content (AvgIpc) is 2.93. The fraction of sp³-hybridized carbons (Fsp3) is 0.545. The number of esters is 1. The Bertz CT molecular complexity index is 1060. The number of benzene rings is 2. The van der Waals surface area contributed by atoms with Gasteiger partial charge in [0.15, 0.2) is 11.6 Å². The van der Waals surface area contributed by atoms with Gasteiger partial charge < -0.3 is 9.47 Å². The van der Waals surface area contributed by atoms with E-state index in [1.54, 1.807) is 24.3 Å². The largest absolute Gasteiger partial charge is 0.490 e. The van der Waals surface area contributed by atoms with Crippen molar-refractivity contribution in [3.05, 3.63) is 59.2 Å². The molecular weight excluding hydrogens is 482 g/mol. The molecule has 0 atom stereocenters. The van der Waals surface area contributed by atoms with Crippen molar-refractivity contribution in [1.29, 1.82) is 0 Å². The summed E-state index contributed by atoms with van der Waals surface area (Å²) in [6.07, 6.45) is 14.3. The normalized spacial score (nSPS) is 16.9. The van der Waals surface area contributed by atoms with Gasteiger partial charge in [-0.15, -0.1) is 0 Å². The first kappa shape index (κ1) is 29.7. The molecule has 1 saturated carbocycles. The minimum atomic E-state index is -1.01. The van der Waals surface area contributed by atoms with Crippen LogP contribution in [0.1, 0.15) is 108 Å². The fourth-order valence-corrected chi connectivity index (χ4v) is 4.94. The molecule has 3 nitrogen and oxygen atoms in total. The van der Waals surface area contributed by atoms with Crippen molar-refractivity contribution >= 4 is 5.97 Å². The predicted molar refractivity (Wildman–Crippen MR) is 148 cm³/mol. The van der Waals surface area contributed by atoms with E-state index in [2.05, 4.69) is 25.7 Å². The Labute approximate surface area is 227 Å². The highest BCUT2D eigenvalue weighted by Gasteiger charge is 2.27. The molecule has 3 rings (SSSR count). The number of carbonyl (C=O) groups is 1. The lowest BCUT2D eigenvalue weighted by molar-refractivity contribution is -0.140. The molecular formula is C33H42F2O3. The van der Waals surface area contributed by atoms with Crippen molar-refractivity contribution < 1.29 is 23.0 Å². The van der Waals surface area contributed by atoms with E-state index in [0.29, 0.717) is 17.9 Å². The molecule has 0 aliphatic heterocycles. The number of rotatable bonds is 13. The lowest BCUT2D eigenvalue weighted by Gasteiger charge is -2.27. The maximum atomic E-state index is 14.5. The van der Waals surface area contributed by atoms with Gasteiger partial charge in [-0.3, -0.25) is 4.79 Å². The summed E-state index contributed by atoms with van der Waals surface area (Å²) in [7, 11) is 0. The van der Waals surface area contributed by atoms with E-state index in [-0.39, 0.29) is 23.2 Å². The van der Waals surface area contributed by atoms with Crippen LogP contribution < -0.4 is 9.47 Å². The number of hydrogen-bond acceptors (Lipinski definition) is 3. The van der Waals surface area contributed by atoms with E-state index < -0.39 is 11.6 Å². The van der Waals surface area contributed by atoms with Crippen molar-refractivity contribution in [1.82, 2.24) is 0 Å². The van der Waals surface area contributed by atoms with E-state index in [1.165, 1.54) is 44.2 Å². The van der Waals surface area contributed by atoms with Gasteiger partial charge in [0.25, 0.3) is 0 Å². The second-order valence-corrected chi connectivity index (χ2v) is 10.4.